The minimum Gasteiger partial charge on any atom is -0.361 e. The average molecular weight is 218 g/mol. The van der Waals surface area contributed by atoms with Crippen LogP contribution in [0.3, 0.4) is 0 Å². The van der Waals surface area contributed by atoms with Crippen LogP contribution in [-0.4, -0.2) is 29.8 Å². The zero-order chi connectivity index (χ0) is 11.1. The maximum atomic E-state index is 11.3. The summed E-state index contributed by atoms with van der Waals surface area (Å²) in [5, 5.41) is 0. The Morgan fingerprint density at radius 2 is 2.25 bits per heavy atom. The number of fused-ring (bicyclic) bond motifs is 1. The first-order valence-electron chi connectivity index (χ1n) is 6.17. The van der Waals surface area contributed by atoms with Gasteiger partial charge in [0, 0.05) is 36.5 Å². The van der Waals surface area contributed by atoms with Crippen molar-refractivity contribution >= 4 is 6.29 Å². The Morgan fingerprint density at radius 3 is 2.88 bits per heavy atom. The summed E-state index contributed by atoms with van der Waals surface area (Å²) in [5.41, 5.74) is 4.75. The SMILES string of the molecule is CN1CCc2[nH]c(C3CCC3)c(C=O)c2C1. The molecule has 86 valence electrons. The number of aromatic nitrogens is 1. The summed E-state index contributed by atoms with van der Waals surface area (Å²) in [6.07, 6.45) is 5.92. The highest BCUT2D eigenvalue weighted by Gasteiger charge is 2.28. The van der Waals surface area contributed by atoms with Gasteiger partial charge in [-0.1, -0.05) is 6.42 Å². The van der Waals surface area contributed by atoms with E-state index in [0.717, 1.165) is 31.4 Å². The van der Waals surface area contributed by atoms with Crippen molar-refractivity contribution in [1.82, 2.24) is 9.88 Å². The van der Waals surface area contributed by atoms with Gasteiger partial charge in [-0.05, 0) is 31.4 Å². The molecule has 0 saturated heterocycles. The second kappa shape index (κ2) is 3.74. The third kappa shape index (κ3) is 1.42. The summed E-state index contributed by atoms with van der Waals surface area (Å²) in [7, 11) is 2.12. The molecule has 0 atom stereocenters. The molecule has 0 spiro atoms. The smallest absolute Gasteiger partial charge is 0.152 e. The molecule has 2 aliphatic rings. The Morgan fingerprint density at radius 1 is 1.44 bits per heavy atom. The lowest BCUT2D eigenvalue weighted by Gasteiger charge is -2.25. The fourth-order valence-electron chi connectivity index (χ4n) is 2.83. The van der Waals surface area contributed by atoms with Gasteiger partial charge in [0.2, 0.25) is 0 Å². The minimum absolute atomic E-state index is 0.621. The first-order valence-corrected chi connectivity index (χ1v) is 6.17. The molecule has 1 saturated carbocycles. The van der Waals surface area contributed by atoms with Gasteiger partial charge >= 0.3 is 0 Å². The van der Waals surface area contributed by atoms with Crippen LogP contribution in [0.15, 0.2) is 0 Å². The van der Waals surface area contributed by atoms with Crippen LogP contribution in [0.5, 0.6) is 0 Å². The largest absolute Gasteiger partial charge is 0.361 e. The van der Waals surface area contributed by atoms with Crippen LogP contribution in [-0.2, 0) is 13.0 Å². The van der Waals surface area contributed by atoms with Crippen molar-refractivity contribution in [3.63, 3.8) is 0 Å². The second-order valence-corrected chi connectivity index (χ2v) is 5.14. The highest BCUT2D eigenvalue weighted by Crippen LogP contribution is 2.39. The molecule has 2 heterocycles. The second-order valence-electron chi connectivity index (χ2n) is 5.14. The van der Waals surface area contributed by atoms with E-state index in [4.69, 9.17) is 0 Å². The number of rotatable bonds is 2. The van der Waals surface area contributed by atoms with Gasteiger partial charge in [0.1, 0.15) is 0 Å². The van der Waals surface area contributed by atoms with Crippen LogP contribution >= 0.6 is 0 Å². The molecule has 16 heavy (non-hydrogen) atoms. The molecule has 0 aromatic carbocycles. The van der Waals surface area contributed by atoms with Gasteiger partial charge in [0.15, 0.2) is 6.29 Å². The summed E-state index contributed by atoms with van der Waals surface area (Å²) in [4.78, 5) is 17.1. The number of nitrogens with one attached hydrogen (secondary N) is 1. The molecule has 1 aromatic rings. The van der Waals surface area contributed by atoms with Crippen molar-refractivity contribution in [3.05, 3.63) is 22.5 Å². The van der Waals surface area contributed by atoms with Crippen LogP contribution in [0.4, 0.5) is 0 Å². The molecule has 3 heteroatoms. The molecule has 3 rings (SSSR count). The quantitative estimate of drug-likeness (QED) is 0.771. The van der Waals surface area contributed by atoms with E-state index in [1.165, 1.54) is 36.2 Å². The van der Waals surface area contributed by atoms with E-state index in [1.54, 1.807) is 0 Å². The zero-order valence-electron chi connectivity index (χ0n) is 9.75. The van der Waals surface area contributed by atoms with E-state index in [0.29, 0.717) is 5.92 Å². The molecule has 1 fully saturated rings. The zero-order valence-corrected chi connectivity index (χ0v) is 9.75. The van der Waals surface area contributed by atoms with Crippen LogP contribution in [0.25, 0.3) is 0 Å². The molecule has 0 bridgehead atoms. The molecule has 1 N–H and O–H groups in total. The molecule has 0 amide bonds. The van der Waals surface area contributed by atoms with E-state index < -0.39 is 0 Å². The van der Waals surface area contributed by atoms with Crippen molar-refractivity contribution < 1.29 is 4.79 Å². The first kappa shape index (κ1) is 10.1. The average Bonchev–Trinajstić information content (AvgIpc) is 2.52. The molecular weight excluding hydrogens is 200 g/mol. The number of carbonyl (C=O) groups is 1. The van der Waals surface area contributed by atoms with E-state index in [9.17, 15) is 4.79 Å². The Balaban J connectivity index is 2.02. The van der Waals surface area contributed by atoms with Crippen molar-refractivity contribution in [2.24, 2.45) is 0 Å². The number of likely N-dealkylation sites (N-methyl/N-ethyl adjacent to an activating group) is 1. The number of aromatic amines is 1. The number of nitrogens with zero attached hydrogens (tertiary/aromatic N) is 1. The molecule has 0 radical (unpaired) electrons. The molecule has 0 unspecified atom stereocenters. The number of aldehydes is 1. The van der Waals surface area contributed by atoms with Crippen LogP contribution < -0.4 is 0 Å². The maximum absolute atomic E-state index is 11.3. The predicted molar refractivity (Wildman–Crippen MR) is 62.8 cm³/mol. The van der Waals surface area contributed by atoms with Crippen LogP contribution in [0, 0.1) is 0 Å². The lowest BCUT2D eigenvalue weighted by molar-refractivity contribution is 0.111. The number of H-pyrrole nitrogens is 1. The molecular formula is C13H18N2O. The Labute approximate surface area is 95.8 Å². The van der Waals surface area contributed by atoms with Crippen molar-refractivity contribution in [2.45, 2.75) is 38.1 Å². The summed E-state index contributed by atoms with van der Waals surface area (Å²) < 4.78 is 0. The van der Waals surface area contributed by atoms with E-state index in [2.05, 4.69) is 16.9 Å². The Kier molecular flexibility index (Phi) is 2.36. The third-order valence-corrected chi connectivity index (χ3v) is 4.07. The van der Waals surface area contributed by atoms with Gasteiger partial charge in [0.05, 0.1) is 0 Å². The molecule has 1 aliphatic carbocycles. The molecule has 1 aromatic heterocycles. The van der Waals surface area contributed by atoms with E-state index >= 15 is 0 Å². The third-order valence-electron chi connectivity index (χ3n) is 4.07. The highest BCUT2D eigenvalue weighted by molar-refractivity contribution is 5.80. The lowest BCUT2D eigenvalue weighted by atomic mass is 9.81. The summed E-state index contributed by atoms with van der Waals surface area (Å²) >= 11 is 0. The summed E-state index contributed by atoms with van der Waals surface area (Å²) in [5.74, 6) is 0.621. The Hall–Kier alpha value is -1.09. The van der Waals surface area contributed by atoms with Crippen molar-refractivity contribution in [2.75, 3.05) is 13.6 Å². The lowest BCUT2D eigenvalue weighted by Crippen LogP contribution is -2.26. The predicted octanol–water partition coefficient (Wildman–Crippen LogP) is 2.08. The molecule has 1 aliphatic heterocycles. The number of carbonyl (C=O) groups excluding carboxylic acids is 1. The van der Waals surface area contributed by atoms with Gasteiger partial charge in [-0.25, -0.2) is 0 Å². The number of hydrogen-bond donors (Lipinski definition) is 1. The fraction of sp³-hybridized carbons (Fsp3) is 0.615. The van der Waals surface area contributed by atoms with Crippen LogP contribution in [0.1, 0.15) is 52.5 Å². The van der Waals surface area contributed by atoms with Crippen molar-refractivity contribution in [3.8, 4) is 0 Å². The highest BCUT2D eigenvalue weighted by atomic mass is 16.1. The topological polar surface area (TPSA) is 36.1 Å². The fourth-order valence-corrected chi connectivity index (χ4v) is 2.83. The van der Waals surface area contributed by atoms with Gasteiger partial charge in [-0.15, -0.1) is 0 Å². The minimum atomic E-state index is 0.621. The summed E-state index contributed by atoms with van der Waals surface area (Å²) in [6, 6.07) is 0. The summed E-state index contributed by atoms with van der Waals surface area (Å²) in [6.45, 7) is 2.02. The van der Waals surface area contributed by atoms with Crippen LogP contribution in [0.2, 0.25) is 0 Å². The van der Waals surface area contributed by atoms with Gasteiger partial charge in [-0.2, -0.15) is 0 Å². The van der Waals surface area contributed by atoms with Gasteiger partial charge < -0.3 is 9.88 Å². The van der Waals surface area contributed by atoms with E-state index in [-0.39, 0.29) is 0 Å². The van der Waals surface area contributed by atoms with Gasteiger partial charge in [-0.3, -0.25) is 4.79 Å². The maximum Gasteiger partial charge on any atom is 0.152 e. The van der Waals surface area contributed by atoms with Gasteiger partial charge in [0.25, 0.3) is 0 Å². The first-order chi connectivity index (χ1) is 7.79. The van der Waals surface area contributed by atoms with Crippen molar-refractivity contribution in [1.29, 1.82) is 0 Å². The monoisotopic (exact) mass is 218 g/mol. The van der Waals surface area contributed by atoms with E-state index in [1.807, 2.05) is 0 Å². The standard InChI is InChI=1S/C13H18N2O/c1-15-6-5-12-10(7-15)11(8-16)13(14-12)9-3-2-4-9/h8-9,14H,2-7H2,1H3. The number of hydrogen-bond acceptors (Lipinski definition) is 2. The molecule has 3 nitrogen and oxygen atoms in total. The Bertz CT molecular complexity index is 418. The normalized spacial score (nSPS) is 21.6.